The van der Waals surface area contributed by atoms with Crippen LogP contribution in [0.5, 0.6) is 23.0 Å². The number of halogens is 1. The topological polar surface area (TPSA) is 73.3 Å². The van der Waals surface area contributed by atoms with Gasteiger partial charge >= 0.3 is 0 Å². The van der Waals surface area contributed by atoms with Crippen LogP contribution in [-0.2, 0) is 6.42 Å². The lowest BCUT2D eigenvalue weighted by molar-refractivity contribution is 0.321. The van der Waals surface area contributed by atoms with Crippen LogP contribution in [0.3, 0.4) is 0 Å². The summed E-state index contributed by atoms with van der Waals surface area (Å²) in [6.07, 6.45) is 0.740. The minimum absolute atomic E-state index is 0. The molecule has 0 amide bonds. The van der Waals surface area contributed by atoms with E-state index in [1.165, 1.54) is 5.56 Å². The van der Waals surface area contributed by atoms with E-state index in [4.69, 9.17) is 18.9 Å². The highest BCUT2D eigenvalue weighted by molar-refractivity contribution is 14.0. The molecule has 2 rings (SSSR count). The van der Waals surface area contributed by atoms with Gasteiger partial charge in [0.1, 0.15) is 12.4 Å². The highest BCUT2D eigenvalue weighted by Crippen LogP contribution is 2.39. The second-order valence-electron chi connectivity index (χ2n) is 6.33. The zero-order valence-electron chi connectivity index (χ0n) is 18.3. The number of nitrogens with one attached hydrogen (secondary N) is 2. The maximum Gasteiger partial charge on any atom is 0.203 e. The van der Waals surface area contributed by atoms with E-state index in [1.54, 1.807) is 28.4 Å². The van der Waals surface area contributed by atoms with Gasteiger partial charge in [-0.1, -0.05) is 23.8 Å². The van der Waals surface area contributed by atoms with Gasteiger partial charge in [-0.3, -0.25) is 4.99 Å². The van der Waals surface area contributed by atoms with E-state index in [-0.39, 0.29) is 24.0 Å². The van der Waals surface area contributed by atoms with Crippen LogP contribution in [0.4, 0.5) is 0 Å². The average Bonchev–Trinajstić information content (AvgIpc) is 2.75. The van der Waals surface area contributed by atoms with Crippen LogP contribution in [0.1, 0.15) is 11.1 Å². The Morgan fingerprint density at radius 3 is 2.13 bits per heavy atom. The predicted octanol–water partition coefficient (Wildman–Crippen LogP) is 3.43. The van der Waals surface area contributed by atoms with E-state index >= 15 is 0 Å². The summed E-state index contributed by atoms with van der Waals surface area (Å²) >= 11 is 0. The van der Waals surface area contributed by atoms with Crippen molar-refractivity contribution in [2.75, 3.05) is 48.1 Å². The second-order valence-corrected chi connectivity index (χ2v) is 6.33. The number of benzene rings is 2. The molecule has 0 bridgehead atoms. The number of rotatable bonds is 10. The molecule has 0 atom stereocenters. The standard InChI is InChI=1S/C22H31N3O4.HI/c1-16-6-9-18(10-7-16)29-15-14-25-22(23-2)24-13-12-17-8-11-19(26-3)21(28-5)20(17)27-4;/h6-11H,12-15H2,1-5H3,(H2,23,24,25);1H. The van der Waals surface area contributed by atoms with Crippen molar-refractivity contribution in [2.24, 2.45) is 4.99 Å². The van der Waals surface area contributed by atoms with Gasteiger partial charge in [0, 0.05) is 19.2 Å². The molecule has 2 aromatic carbocycles. The molecule has 0 saturated heterocycles. The molecule has 8 heteroatoms. The molecular weight excluding hydrogens is 497 g/mol. The third kappa shape index (κ3) is 7.47. The molecule has 166 valence electrons. The quantitative estimate of drug-likeness (QED) is 0.213. The summed E-state index contributed by atoms with van der Waals surface area (Å²) in [6.45, 7) is 3.93. The molecule has 30 heavy (non-hydrogen) atoms. The molecule has 0 unspecified atom stereocenters. The Morgan fingerprint density at radius 2 is 1.53 bits per heavy atom. The van der Waals surface area contributed by atoms with E-state index < -0.39 is 0 Å². The lowest BCUT2D eigenvalue weighted by atomic mass is 10.1. The van der Waals surface area contributed by atoms with Gasteiger partial charge in [-0.2, -0.15) is 0 Å². The first-order valence-electron chi connectivity index (χ1n) is 9.54. The smallest absolute Gasteiger partial charge is 0.203 e. The minimum Gasteiger partial charge on any atom is -0.493 e. The molecule has 0 aliphatic heterocycles. The Hall–Kier alpha value is -2.36. The van der Waals surface area contributed by atoms with Gasteiger partial charge in [0.15, 0.2) is 17.5 Å². The molecule has 2 aromatic rings. The lowest BCUT2D eigenvalue weighted by Crippen LogP contribution is -2.40. The first-order chi connectivity index (χ1) is 14.1. The van der Waals surface area contributed by atoms with Crippen LogP contribution in [0.25, 0.3) is 0 Å². The highest BCUT2D eigenvalue weighted by Gasteiger charge is 2.15. The van der Waals surface area contributed by atoms with E-state index in [2.05, 4.69) is 22.5 Å². The van der Waals surface area contributed by atoms with Gasteiger partial charge in [0.25, 0.3) is 0 Å². The van der Waals surface area contributed by atoms with Crippen molar-refractivity contribution >= 4 is 29.9 Å². The summed E-state index contributed by atoms with van der Waals surface area (Å²) < 4.78 is 22.0. The summed E-state index contributed by atoms with van der Waals surface area (Å²) in [4.78, 5) is 4.24. The van der Waals surface area contributed by atoms with Crippen LogP contribution in [0, 0.1) is 6.92 Å². The summed E-state index contributed by atoms with van der Waals surface area (Å²) in [5, 5.41) is 6.54. The number of methoxy groups -OCH3 is 3. The first kappa shape index (κ1) is 25.7. The van der Waals surface area contributed by atoms with Crippen molar-refractivity contribution < 1.29 is 18.9 Å². The number of hydrogen-bond acceptors (Lipinski definition) is 5. The molecule has 2 N–H and O–H groups in total. The fraction of sp³-hybridized carbons (Fsp3) is 0.409. The average molecular weight is 529 g/mol. The van der Waals surface area contributed by atoms with Crippen molar-refractivity contribution in [1.82, 2.24) is 10.6 Å². The van der Waals surface area contributed by atoms with Crippen LogP contribution in [0.2, 0.25) is 0 Å². The number of hydrogen-bond donors (Lipinski definition) is 2. The number of ether oxygens (including phenoxy) is 4. The number of aliphatic imine (C=N–C) groups is 1. The Kier molecular flexibility index (Phi) is 11.8. The van der Waals surface area contributed by atoms with Crippen molar-refractivity contribution in [3.05, 3.63) is 47.5 Å². The second kappa shape index (κ2) is 13.8. The van der Waals surface area contributed by atoms with Crippen molar-refractivity contribution in [1.29, 1.82) is 0 Å². The molecule has 0 aromatic heterocycles. The fourth-order valence-electron chi connectivity index (χ4n) is 2.87. The predicted molar refractivity (Wildman–Crippen MR) is 131 cm³/mol. The first-order valence-corrected chi connectivity index (χ1v) is 9.54. The zero-order chi connectivity index (χ0) is 21.1. The fourth-order valence-corrected chi connectivity index (χ4v) is 2.87. The minimum atomic E-state index is 0. The molecule has 0 saturated carbocycles. The van der Waals surface area contributed by atoms with Gasteiger partial charge in [-0.15, -0.1) is 24.0 Å². The SMILES string of the molecule is CN=C(NCCOc1ccc(C)cc1)NCCc1ccc(OC)c(OC)c1OC.I. The van der Waals surface area contributed by atoms with E-state index in [9.17, 15) is 0 Å². The number of guanidine groups is 1. The molecule has 7 nitrogen and oxygen atoms in total. The Bertz CT molecular complexity index is 798. The molecule has 0 fully saturated rings. The third-order valence-corrected chi connectivity index (χ3v) is 4.38. The Balaban J connectivity index is 0.00000450. The summed E-state index contributed by atoms with van der Waals surface area (Å²) in [7, 11) is 6.58. The number of nitrogens with zero attached hydrogens (tertiary/aromatic N) is 1. The maximum absolute atomic E-state index is 5.72. The van der Waals surface area contributed by atoms with Crippen LogP contribution >= 0.6 is 24.0 Å². The van der Waals surface area contributed by atoms with Gasteiger partial charge in [0.2, 0.25) is 5.75 Å². The molecule has 0 aliphatic carbocycles. The van der Waals surface area contributed by atoms with Crippen LogP contribution in [-0.4, -0.2) is 54.0 Å². The lowest BCUT2D eigenvalue weighted by Gasteiger charge is -2.16. The third-order valence-electron chi connectivity index (χ3n) is 4.38. The van der Waals surface area contributed by atoms with Crippen molar-refractivity contribution in [2.45, 2.75) is 13.3 Å². The molecule has 0 aliphatic rings. The van der Waals surface area contributed by atoms with Crippen molar-refractivity contribution in [3.8, 4) is 23.0 Å². The molecule has 0 heterocycles. The van der Waals surface area contributed by atoms with E-state index in [0.717, 1.165) is 23.7 Å². The van der Waals surface area contributed by atoms with Crippen LogP contribution in [0.15, 0.2) is 41.4 Å². The van der Waals surface area contributed by atoms with Crippen LogP contribution < -0.4 is 29.6 Å². The monoisotopic (exact) mass is 529 g/mol. The largest absolute Gasteiger partial charge is 0.493 e. The molecule has 0 radical (unpaired) electrons. The van der Waals surface area contributed by atoms with Gasteiger partial charge in [-0.05, 0) is 31.5 Å². The van der Waals surface area contributed by atoms with Crippen molar-refractivity contribution in [3.63, 3.8) is 0 Å². The molecular formula is C22H32IN3O4. The number of aryl methyl sites for hydroxylation is 1. The van der Waals surface area contributed by atoms with Gasteiger partial charge < -0.3 is 29.6 Å². The van der Waals surface area contributed by atoms with E-state index in [1.807, 2.05) is 36.4 Å². The maximum atomic E-state index is 5.72. The highest BCUT2D eigenvalue weighted by atomic mass is 127. The summed E-state index contributed by atoms with van der Waals surface area (Å²) in [6, 6.07) is 11.9. The van der Waals surface area contributed by atoms with Gasteiger partial charge in [-0.25, -0.2) is 0 Å². The summed E-state index contributed by atoms with van der Waals surface area (Å²) in [5.74, 6) is 3.51. The molecule has 0 spiro atoms. The summed E-state index contributed by atoms with van der Waals surface area (Å²) in [5.41, 5.74) is 2.24. The Labute approximate surface area is 196 Å². The normalized spacial score (nSPS) is 10.6. The Morgan fingerprint density at radius 1 is 0.867 bits per heavy atom. The van der Waals surface area contributed by atoms with Gasteiger partial charge in [0.05, 0.1) is 27.9 Å². The zero-order valence-corrected chi connectivity index (χ0v) is 20.6. The van der Waals surface area contributed by atoms with E-state index in [0.29, 0.717) is 36.9 Å².